The van der Waals surface area contributed by atoms with E-state index < -0.39 is 77.7 Å². The monoisotopic (exact) mass is 830 g/mol. The topological polar surface area (TPSA) is 55.4 Å². The summed E-state index contributed by atoms with van der Waals surface area (Å²) in [5, 5.41) is 0. The minimum atomic E-state index is -8.65. The summed E-state index contributed by atoms with van der Waals surface area (Å²) in [6.07, 6.45) is 0.120. The molecule has 0 heterocycles. The molecule has 0 aromatic heterocycles. The van der Waals surface area contributed by atoms with Crippen LogP contribution in [0.15, 0.2) is 0 Å². The zero-order valence-electron chi connectivity index (χ0n) is 28.7. The van der Waals surface area contributed by atoms with Gasteiger partial charge in [0.2, 0.25) is 0 Å². The number of hydrogen-bond donors (Lipinski definition) is 0. The van der Waals surface area contributed by atoms with Gasteiger partial charge >= 0.3 is 65.2 Å². The highest BCUT2D eigenvalue weighted by atomic mass is 28.4. The highest BCUT2D eigenvalue weighted by molar-refractivity contribution is 6.60. The third kappa shape index (κ3) is 11.3. The van der Waals surface area contributed by atoms with E-state index in [1.807, 2.05) is 0 Å². The van der Waals surface area contributed by atoms with Gasteiger partial charge in [-0.05, 0) is 6.42 Å². The van der Waals surface area contributed by atoms with Gasteiger partial charge in [-0.25, -0.2) is 0 Å². The van der Waals surface area contributed by atoms with E-state index >= 15 is 0 Å². The lowest BCUT2D eigenvalue weighted by Crippen LogP contribution is -2.74. The third-order valence-electron chi connectivity index (χ3n) is 7.73. The predicted octanol–water partition coefficient (Wildman–Crippen LogP) is 10.3. The fourth-order valence-corrected chi connectivity index (χ4v) is 7.78. The van der Waals surface area contributed by atoms with Crippen molar-refractivity contribution in [1.82, 2.24) is 0 Å². The molecule has 0 aliphatic heterocycles. The molecule has 51 heavy (non-hydrogen) atoms. The Balaban J connectivity index is 0. The second-order valence-electron chi connectivity index (χ2n) is 11.0. The van der Waals surface area contributed by atoms with Gasteiger partial charge in [0.25, 0.3) is 0 Å². The molecule has 0 spiro atoms. The Morgan fingerprint density at radius 1 is 0.353 bits per heavy atom. The quantitative estimate of drug-likeness (QED) is 0.0549. The maximum absolute atomic E-state index is 13.8. The van der Waals surface area contributed by atoms with E-state index in [9.17, 15) is 74.6 Å². The Morgan fingerprint density at radius 2 is 0.627 bits per heavy atom. The van der Waals surface area contributed by atoms with Gasteiger partial charge in [-0.1, -0.05) is 51.9 Å². The molecule has 310 valence electrons. The van der Waals surface area contributed by atoms with Crippen LogP contribution in [0.1, 0.15) is 64.7 Å². The predicted molar refractivity (Wildman–Crippen MR) is 151 cm³/mol. The van der Waals surface area contributed by atoms with Crippen molar-refractivity contribution in [2.75, 3.05) is 42.7 Å². The SMILES string of the molecule is CCCCCCCCCC[Si](OC)(OC)OC.CO[Si](CCC(F)(F)C(F)(F)C(F)(F)C(F)(F)C(F)(F)C(F)(F)C(F)(F)C(F)(F)F)(OC)OC. The summed E-state index contributed by atoms with van der Waals surface area (Å²) in [6, 6.07) is -0.662. The second kappa shape index (κ2) is 19.5. The van der Waals surface area contributed by atoms with E-state index in [0.29, 0.717) is 21.3 Å². The van der Waals surface area contributed by atoms with Crippen molar-refractivity contribution in [3.63, 3.8) is 0 Å². The summed E-state index contributed by atoms with van der Waals surface area (Å²) in [5.41, 5.74) is 0. The van der Waals surface area contributed by atoms with Gasteiger partial charge in [-0.15, -0.1) is 0 Å². The number of hydrogen-bond acceptors (Lipinski definition) is 6. The minimum Gasteiger partial charge on any atom is -0.377 e. The average Bonchev–Trinajstić information content (AvgIpc) is 3.04. The Labute approximate surface area is 286 Å². The number of halogens is 17. The Hall–Kier alpha value is -0.996. The van der Waals surface area contributed by atoms with Crippen molar-refractivity contribution in [3.05, 3.63) is 0 Å². The minimum absolute atomic E-state index is 0.668. The fraction of sp³-hybridized carbons (Fsp3) is 1.00. The summed E-state index contributed by atoms with van der Waals surface area (Å²) in [4.78, 5) is 0. The molecule has 0 aliphatic rings. The molecule has 0 aromatic rings. The number of unbranched alkanes of at least 4 members (excludes halogenated alkanes) is 7. The molecule has 0 N–H and O–H groups in total. The summed E-state index contributed by atoms with van der Waals surface area (Å²) >= 11 is 0. The molecule has 0 fully saturated rings. The van der Waals surface area contributed by atoms with Crippen LogP contribution < -0.4 is 0 Å². The van der Waals surface area contributed by atoms with Crippen molar-refractivity contribution in [2.45, 2.75) is 124 Å². The fourth-order valence-electron chi connectivity index (χ4n) is 4.25. The lowest BCUT2D eigenvalue weighted by Gasteiger charge is -2.43. The molecule has 0 aromatic carbocycles. The maximum Gasteiger partial charge on any atom is 0.500 e. The first-order chi connectivity index (χ1) is 22.9. The van der Waals surface area contributed by atoms with Crippen LogP contribution in [-0.2, 0) is 26.6 Å². The van der Waals surface area contributed by atoms with E-state index in [4.69, 9.17) is 13.3 Å². The Kier molecular flexibility index (Phi) is 20.0. The van der Waals surface area contributed by atoms with Gasteiger partial charge in [0.15, 0.2) is 0 Å². The lowest BCUT2D eigenvalue weighted by molar-refractivity contribution is -0.461. The first-order valence-electron chi connectivity index (χ1n) is 14.9. The summed E-state index contributed by atoms with van der Waals surface area (Å²) in [7, 11) is 0.399. The summed E-state index contributed by atoms with van der Waals surface area (Å²) in [5.74, 6) is -56.5. The van der Waals surface area contributed by atoms with Crippen LogP contribution >= 0.6 is 0 Å². The zero-order chi connectivity index (χ0) is 41.0. The largest absolute Gasteiger partial charge is 0.500 e. The van der Waals surface area contributed by atoms with Crippen molar-refractivity contribution >= 4 is 17.6 Å². The standard InChI is InChI=1S/C13H13F17O3Si.C13H30O3Si/c1-31-34(32-2,33-3)5-4-6(14,15)7(16,17)8(18,19)9(20,21)10(22,23)11(24,25)12(26,27)13(28,29)30;1-5-6-7-8-9-10-11-12-13-17(14-2,15-3)16-4/h4-5H2,1-3H3;5-13H2,1-4H3. The normalized spacial score (nSPS) is 14.8. The molecule has 0 amide bonds. The van der Waals surface area contributed by atoms with E-state index in [1.54, 1.807) is 21.3 Å². The number of alkyl halides is 17. The van der Waals surface area contributed by atoms with Crippen LogP contribution in [0.3, 0.4) is 0 Å². The van der Waals surface area contributed by atoms with Crippen molar-refractivity contribution < 1.29 is 101 Å². The zero-order valence-corrected chi connectivity index (χ0v) is 30.7. The Morgan fingerprint density at radius 3 is 0.941 bits per heavy atom. The molecule has 0 saturated carbocycles. The molecule has 0 unspecified atom stereocenters. The summed E-state index contributed by atoms with van der Waals surface area (Å²) < 4.78 is 253. The van der Waals surface area contributed by atoms with E-state index in [-0.39, 0.29) is 0 Å². The molecule has 0 saturated heterocycles. The van der Waals surface area contributed by atoms with Crippen molar-refractivity contribution in [1.29, 1.82) is 0 Å². The molecule has 6 nitrogen and oxygen atoms in total. The van der Waals surface area contributed by atoms with Crippen molar-refractivity contribution in [2.24, 2.45) is 0 Å². The third-order valence-corrected chi connectivity index (χ3v) is 13.3. The highest BCUT2D eigenvalue weighted by Gasteiger charge is 2.95. The van der Waals surface area contributed by atoms with Crippen LogP contribution in [0.4, 0.5) is 74.6 Å². The van der Waals surface area contributed by atoms with Crippen LogP contribution in [0, 0.1) is 0 Å². The average molecular weight is 831 g/mol. The molecule has 25 heteroatoms. The molecule has 0 aliphatic carbocycles. The first-order valence-corrected chi connectivity index (χ1v) is 18.8. The van der Waals surface area contributed by atoms with Gasteiger partial charge < -0.3 is 26.6 Å². The van der Waals surface area contributed by atoms with Gasteiger partial charge in [-0.2, -0.15) is 74.6 Å². The van der Waals surface area contributed by atoms with Crippen LogP contribution in [0.2, 0.25) is 12.1 Å². The molecular weight excluding hydrogens is 787 g/mol. The lowest BCUT2D eigenvalue weighted by atomic mass is 9.88. The molecular formula is C26H43F17O6Si2. The smallest absolute Gasteiger partial charge is 0.377 e. The molecule has 0 atom stereocenters. The van der Waals surface area contributed by atoms with Gasteiger partial charge in [0.1, 0.15) is 0 Å². The maximum atomic E-state index is 13.8. The van der Waals surface area contributed by atoms with Gasteiger partial charge in [0, 0.05) is 61.2 Å². The van der Waals surface area contributed by atoms with Gasteiger partial charge in [0.05, 0.1) is 0 Å². The van der Waals surface area contributed by atoms with E-state index in [0.717, 1.165) is 12.5 Å². The van der Waals surface area contributed by atoms with Crippen LogP contribution in [-0.4, -0.2) is 108 Å². The molecule has 0 bridgehead atoms. The highest BCUT2D eigenvalue weighted by Crippen LogP contribution is 2.64. The van der Waals surface area contributed by atoms with E-state index in [1.165, 1.54) is 44.9 Å². The van der Waals surface area contributed by atoms with Crippen LogP contribution in [0.25, 0.3) is 0 Å². The van der Waals surface area contributed by atoms with Gasteiger partial charge in [-0.3, -0.25) is 0 Å². The molecule has 0 radical (unpaired) electrons. The number of rotatable bonds is 24. The summed E-state index contributed by atoms with van der Waals surface area (Å²) in [6.45, 7) is 2.25. The van der Waals surface area contributed by atoms with Crippen LogP contribution in [0.5, 0.6) is 0 Å². The van der Waals surface area contributed by atoms with Crippen molar-refractivity contribution in [3.8, 4) is 0 Å². The second-order valence-corrected chi connectivity index (χ2v) is 17.1. The molecule has 0 rings (SSSR count). The Bertz CT molecular complexity index is 979. The first kappa shape index (κ1) is 52.1. The van der Waals surface area contributed by atoms with E-state index in [2.05, 4.69) is 20.2 Å².